The average molecular weight is 415 g/mol. The van der Waals surface area contributed by atoms with Crippen LogP contribution in [0.1, 0.15) is 18.5 Å². The van der Waals surface area contributed by atoms with Gasteiger partial charge in [0.2, 0.25) is 5.91 Å². The molecular weight excluding hydrogens is 396 g/mol. The van der Waals surface area contributed by atoms with E-state index in [0.717, 1.165) is 11.3 Å². The lowest BCUT2D eigenvalue weighted by Crippen LogP contribution is -2.32. The number of nitrogens with one attached hydrogen (secondary N) is 1. The molecule has 3 aromatic rings. The predicted octanol–water partition coefficient (Wildman–Crippen LogP) is 3.46. The highest BCUT2D eigenvalue weighted by atomic mass is 35.5. The van der Waals surface area contributed by atoms with Crippen molar-refractivity contribution in [3.63, 3.8) is 0 Å². The number of rotatable bonds is 7. The summed E-state index contributed by atoms with van der Waals surface area (Å²) in [5, 5.41) is 18.1. The van der Waals surface area contributed by atoms with Gasteiger partial charge in [-0.25, -0.2) is 9.67 Å². The molecule has 0 spiro atoms. The molecule has 1 heterocycles. The summed E-state index contributed by atoms with van der Waals surface area (Å²) in [5.74, 6) is -0.357. The Morgan fingerprint density at radius 3 is 2.66 bits per heavy atom. The van der Waals surface area contributed by atoms with Crippen LogP contribution in [0.2, 0.25) is 5.02 Å². The summed E-state index contributed by atoms with van der Waals surface area (Å²) < 4.78 is 1.66. The Bertz CT molecular complexity index is 1010. The zero-order valence-corrected chi connectivity index (χ0v) is 16.6. The minimum atomic E-state index is -0.579. The molecule has 0 aliphatic rings. The molecule has 0 aliphatic carbocycles. The number of nitro benzene ring substituents is 1. The molecule has 0 saturated carbocycles. The van der Waals surface area contributed by atoms with Crippen LogP contribution in [0.4, 0.5) is 11.4 Å². The van der Waals surface area contributed by atoms with Gasteiger partial charge in [0, 0.05) is 17.1 Å². The van der Waals surface area contributed by atoms with Crippen LogP contribution >= 0.6 is 11.6 Å². The van der Waals surface area contributed by atoms with Crippen LogP contribution in [0, 0.1) is 10.1 Å². The molecule has 10 heteroatoms. The monoisotopic (exact) mass is 414 g/mol. The zero-order valence-electron chi connectivity index (χ0n) is 15.8. The van der Waals surface area contributed by atoms with Gasteiger partial charge in [0.05, 0.1) is 17.2 Å². The molecule has 0 unspecified atom stereocenters. The third-order valence-electron chi connectivity index (χ3n) is 4.54. The van der Waals surface area contributed by atoms with Crippen LogP contribution in [0.25, 0.3) is 5.69 Å². The Hall–Kier alpha value is -3.30. The second-order valence-electron chi connectivity index (χ2n) is 6.49. The van der Waals surface area contributed by atoms with E-state index in [9.17, 15) is 14.9 Å². The third-order valence-corrected chi connectivity index (χ3v) is 4.78. The van der Waals surface area contributed by atoms with Crippen molar-refractivity contribution < 1.29 is 9.72 Å². The molecule has 3 rings (SSSR count). The number of nitro groups is 1. The number of anilines is 1. The predicted molar refractivity (Wildman–Crippen MR) is 109 cm³/mol. The average Bonchev–Trinajstić information content (AvgIpc) is 3.23. The van der Waals surface area contributed by atoms with Gasteiger partial charge in [-0.05, 0) is 43.8 Å². The fourth-order valence-corrected chi connectivity index (χ4v) is 2.98. The molecule has 0 radical (unpaired) electrons. The number of aromatic nitrogens is 3. The van der Waals surface area contributed by atoms with E-state index in [-0.39, 0.29) is 34.9 Å². The largest absolute Gasteiger partial charge is 0.319 e. The van der Waals surface area contributed by atoms with E-state index in [1.807, 2.05) is 43.1 Å². The van der Waals surface area contributed by atoms with Gasteiger partial charge >= 0.3 is 0 Å². The maximum Gasteiger partial charge on any atom is 0.294 e. The topological polar surface area (TPSA) is 106 Å². The summed E-state index contributed by atoms with van der Waals surface area (Å²) in [6, 6.07) is 11.8. The Balaban J connectivity index is 1.64. The molecule has 1 aromatic heterocycles. The van der Waals surface area contributed by atoms with Crippen molar-refractivity contribution in [1.82, 2.24) is 19.7 Å². The molecule has 0 bridgehead atoms. The summed E-state index contributed by atoms with van der Waals surface area (Å²) in [7, 11) is 1.81. The Labute approximate surface area is 172 Å². The van der Waals surface area contributed by atoms with Crippen molar-refractivity contribution in [3.8, 4) is 5.69 Å². The van der Waals surface area contributed by atoms with Crippen molar-refractivity contribution >= 4 is 28.9 Å². The maximum absolute atomic E-state index is 12.4. The molecule has 0 saturated heterocycles. The first kappa shape index (κ1) is 20.4. The number of benzene rings is 2. The first-order chi connectivity index (χ1) is 13.8. The van der Waals surface area contributed by atoms with Gasteiger partial charge in [-0.3, -0.25) is 19.8 Å². The van der Waals surface area contributed by atoms with Crippen molar-refractivity contribution in [2.75, 3.05) is 18.9 Å². The van der Waals surface area contributed by atoms with Gasteiger partial charge < -0.3 is 5.32 Å². The van der Waals surface area contributed by atoms with Crippen LogP contribution in [0.15, 0.2) is 55.1 Å². The van der Waals surface area contributed by atoms with Gasteiger partial charge in [-0.1, -0.05) is 23.7 Å². The minimum Gasteiger partial charge on any atom is -0.319 e. The lowest BCUT2D eigenvalue weighted by molar-refractivity contribution is -0.383. The van der Waals surface area contributed by atoms with E-state index in [0.29, 0.717) is 0 Å². The van der Waals surface area contributed by atoms with E-state index >= 15 is 0 Å². The van der Waals surface area contributed by atoms with E-state index in [2.05, 4.69) is 15.4 Å². The van der Waals surface area contributed by atoms with Crippen molar-refractivity contribution in [3.05, 3.63) is 75.8 Å². The van der Waals surface area contributed by atoms with Crippen molar-refractivity contribution in [2.24, 2.45) is 0 Å². The van der Waals surface area contributed by atoms with E-state index in [1.54, 1.807) is 11.0 Å². The summed E-state index contributed by atoms with van der Waals surface area (Å²) in [6.07, 6.45) is 3.08. The number of likely N-dealkylation sites (N-methyl/N-ethyl adjacent to an activating group) is 1. The Kier molecular flexibility index (Phi) is 6.20. The highest BCUT2D eigenvalue weighted by molar-refractivity contribution is 6.31. The SMILES string of the molecule is C[C@@H](c1ccc(-n2cncn2)cc1)N(C)CC(=O)Nc1ccc(Cl)cc1[N+](=O)[O-]. The number of halogens is 1. The third kappa shape index (κ3) is 4.95. The number of hydrogen-bond acceptors (Lipinski definition) is 6. The minimum absolute atomic E-state index is 0.0502. The zero-order chi connectivity index (χ0) is 21.0. The van der Waals surface area contributed by atoms with E-state index in [1.165, 1.54) is 24.5 Å². The number of hydrogen-bond donors (Lipinski definition) is 1. The second-order valence-corrected chi connectivity index (χ2v) is 6.93. The number of amides is 1. The van der Waals surface area contributed by atoms with Gasteiger partial charge in [0.25, 0.3) is 5.69 Å². The standard InChI is InChI=1S/C19H19ClN6O3/c1-13(14-3-6-16(7-4-14)25-12-21-11-22-25)24(2)10-19(27)23-17-8-5-15(20)9-18(17)26(28)29/h3-9,11-13H,10H2,1-2H3,(H,23,27)/t13-/m0/s1. The fourth-order valence-electron chi connectivity index (χ4n) is 2.82. The van der Waals surface area contributed by atoms with Crippen LogP contribution in [0.5, 0.6) is 0 Å². The normalized spacial score (nSPS) is 12.0. The molecule has 150 valence electrons. The summed E-state index contributed by atoms with van der Waals surface area (Å²) in [4.78, 5) is 28.8. The molecule has 9 nitrogen and oxygen atoms in total. The highest BCUT2D eigenvalue weighted by Gasteiger charge is 2.19. The summed E-state index contributed by atoms with van der Waals surface area (Å²) in [6.45, 7) is 2.04. The van der Waals surface area contributed by atoms with Crippen LogP contribution in [-0.2, 0) is 4.79 Å². The first-order valence-electron chi connectivity index (χ1n) is 8.74. The van der Waals surface area contributed by atoms with Gasteiger partial charge in [-0.15, -0.1) is 0 Å². The molecule has 0 fully saturated rings. The van der Waals surface area contributed by atoms with Crippen LogP contribution < -0.4 is 5.32 Å². The van der Waals surface area contributed by atoms with Crippen molar-refractivity contribution in [2.45, 2.75) is 13.0 Å². The first-order valence-corrected chi connectivity index (χ1v) is 9.12. The molecule has 1 N–H and O–H groups in total. The smallest absolute Gasteiger partial charge is 0.294 e. The van der Waals surface area contributed by atoms with E-state index < -0.39 is 4.92 Å². The molecular formula is C19H19ClN6O3. The van der Waals surface area contributed by atoms with Crippen LogP contribution in [-0.4, -0.2) is 44.1 Å². The lowest BCUT2D eigenvalue weighted by Gasteiger charge is -2.24. The summed E-state index contributed by atoms with van der Waals surface area (Å²) >= 11 is 5.80. The fraction of sp³-hybridized carbons (Fsp3) is 0.211. The number of carbonyl (C=O) groups is 1. The molecule has 29 heavy (non-hydrogen) atoms. The quantitative estimate of drug-likeness (QED) is 0.468. The molecule has 1 amide bonds. The lowest BCUT2D eigenvalue weighted by atomic mass is 10.1. The summed E-state index contributed by atoms with van der Waals surface area (Å²) in [5.41, 5.74) is 1.77. The highest BCUT2D eigenvalue weighted by Crippen LogP contribution is 2.28. The molecule has 1 atom stereocenters. The Morgan fingerprint density at radius 2 is 2.03 bits per heavy atom. The van der Waals surface area contributed by atoms with Gasteiger partial charge in [-0.2, -0.15) is 5.10 Å². The van der Waals surface area contributed by atoms with Crippen LogP contribution in [0.3, 0.4) is 0 Å². The van der Waals surface area contributed by atoms with Crippen molar-refractivity contribution in [1.29, 1.82) is 0 Å². The number of nitrogens with zero attached hydrogens (tertiary/aromatic N) is 5. The van der Waals surface area contributed by atoms with Gasteiger partial charge in [0.15, 0.2) is 0 Å². The molecule has 2 aromatic carbocycles. The number of carbonyl (C=O) groups excluding carboxylic acids is 1. The second kappa shape index (κ2) is 8.80. The van der Waals surface area contributed by atoms with E-state index in [4.69, 9.17) is 11.6 Å². The Morgan fingerprint density at radius 1 is 1.31 bits per heavy atom. The van der Waals surface area contributed by atoms with Gasteiger partial charge in [0.1, 0.15) is 18.3 Å². The molecule has 0 aliphatic heterocycles. The maximum atomic E-state index is 12.4.